The molecule has 0 bridgehead atoms. The first-order valence-corrected chi connectivity index (χ1v) is 21.5. The maximum absolute atomic E-state index is 2.40. The Balaban J connectivity index is 1.30. The SMILES string of the molecule is C(=C\C=C\c1ccccc1C(CC/C=C/Cc1ccccc1)C(CC/C=C/Cc1ccccc1)c1ccccc1/C=C/C=C/C=C/c1ccccc1)/C=C/c1ccccc1. The van der Waals surface area contributed by atoms with Crippen molar-refractivity contribution in [3.63, 3.8) is 0 Å². The van der Waals surface area contributed by atoms with Crippen LogP contribution in [0.4, 0.5) is 0 Å². The van der Waals surface area contributed by atoms with Crippen LogP contribution in [0.2, 0.25) is 0 Å². The van der Waals surface area contributed by atoms with Gasteiger partial charge in [0.25, 0.3) is 0 Å². The van der Waals surface area contributed by atoms with Crippen molar-refractivity contribution in [1.82, 2.24) is 0 Å². The summed E-state index contributed by atoms with van der Waals surface area (Å²) in [6.07, 6.45) is 41.4. The minimum Gasteiger partial charge on any atom is -0.0882 e. The summed E-state index contributed by atoms with van der Waals surface area (Å²) in [6, 6.07) is 60.5. The molecule has 0 amide bonds. The number of hydrogen-bond acceptors (Lipinski definition) is 0. The van der Waals surface area contributed by atoms with Crippen molar-refractivity contribution in [2.45, 2.75) is 50.4 Å². The molecule has 0 aliphatic rings. The number of allylic oxidation sites excluding steroid dienone is 12. The van der Waals surface area contributed by atoms with Gasteiger partial charge in [-0.25, -0.2) is 0 Å². The van der Waals surface area contributed by atoms with Gasteiger partial charge < -0.3 is 0 Å². The molecule has 2 unspecified atom stereocenters. The summed E-state index contributed by atoms with van der Waals surface area (Å²) in [4.78, 5) is 0. The second-order valence-electron chi connectivity index (χ2n) is 15.0. The summed E-state index contributed by atoms with van der Waals surface area (Å²) in [5, 5.41) is 0. The lowest BCUT2D eigenvalue weighted by atomic mass is 9.74. The molecule has 0 nitrogen and oxygen atoms in total. The molecule has 0 saturated heterocycles. The van der Waals surface area contributed by atoms with Crippen LogP contribution in [0.3, 0.4) is 0 Å². The lowest BCUT2D eigenvalue weighted by molar-refractivity contribution is 0.481. The molecule has 298 valence electrons. The number of benzene rings is 6. The van der Waals surface area contributed by atoms with Crippen molar-refractivity contribution in [2.24, 2.45) is 0 Å². The lowest BCUT2D eigenvalue weighted by Gasteiger charge is -2.30. The minimum atomic E-state index is 0.301. The average molecular weight is 779 g/mol. The molecule has 0 heteroatoms. The second kappa shape index (κ2) is 25.6. The third-order valence-electron chi connectivity index (χ3n) is 10.7. The van der Waals surface area contributed by atoms with E-state index in [0.717, 1.165) is 38.5 Å². The summed E-state index contributed by atoms with van der Waals surface area (Å²) < 4.78 is 0. The zero-order valence-electron chi connectivity index (χ0n) is 34.8. The second-order valence-corrected chi connectivity index (χ2v) is 15.0. The molecule has 6 aromatic rings. The molecule has 0 aliphatic carbocycles. The van der Waals surface area contributed by atoms with Gasteiger partial charge in [0.05, 0.1) is 0 Å². The summed E-state index contributed by atoms with van der Waals surface area (Å²) in [5.41, 5.74) is 10.4. The highest BCUT2D eigenvalue weighted by Crippen LogP contribution is 2.43. The first-order valence-electron chi connectivity index (χ1n) is 21.5. The quantitative estimate of drug-likeness (QED) is 0.0504. The maximum atomic E-state index is 2.40. The molecule has 0 N–H and O–H groups in total. The van der Waals surface area contributed by atoms with Crippen LogP contribution in [0.25, 0.3) is 24.3 Å². The largest absolute Gasteiger partial charge is 0.0882 e. The van der Waals surface area contributed by atoms with Crippen LogP contribution in [-0.4, -0.2) is 0 Å². The molecule has 0 fully saturated rings. The van der Waals surface area contributed by atoms with Crippen LogP contribution in [0.1, 0.15) is 82.0 Å². The Bertz CT molecular complexity index is 2180. The van der Waals surface area contributed by atoms with E-state index in [0.29, 0.717) is 11.8 Å². The Hall–Kier alpha value is -6.76. The highest BCUT2D eigenvalue weighted by molar-refractivity contribution is 5.60. The Morgan fingerprint density at radius 2 is 0.633 bits per heavy atom. The van der Waals surface area contributed by atoms with Crippen LogP contribution in [-0.2, 0) is 12.8 Å². The molecule has 0 radical (unpaired) electrons. The molecule has 0 aliphatic heterocycles. The summed E-state index contributed by atoms with van der Waals surface area (Å²) in [7, 11) is 0. The van der Waals surface area contributed by atoms with Crippen LogP contribution in [0, 0.1) is 0 Å². The molecule has 6 aromatic carbocycles. The van der Waals surface area contributed by atoms with Crippen LogP contribution < -0.4 is 0 Å². The van der Waals surface area contributed by atoms with E-state index in [4.69, 9.17) is 0 Å². The molecule has 60 heavy (non-hydrogen) atoms. The van der Waals surface area contributed by atoms with Gasteiger partial charge in [0.1, 0.15) is 0 Å². The number of rotatable bonds is 21. The topological polar surface area (TPSA) is 0 Å². The standard InChI is InChI=1S/C60H58/c1(11-31-51-33-13-5-14-34-51)3-23-43-55-45-27-29-47-57(55)59(49-25-9-21-41-53-37-17-7-18-38-53)60(50-26-10-22-42-54-39-19-8-20-40-54)58-48-30-28-46-56(58)44-24-4-2-12-32-52-35-15-6-16-36-52/h1-24,27-40,43-48,59-60H,25-26,41-42,49-50H2/b3-1+,4-2+,21-9+,22-10+,31-11+,32-12+,43-23+,44-24+. The zero-order valence-corrected chi connectivity index (χ0v) is 34.8. The van der Waals surface area contributed by atoms with Gasteiger partial charge in [-0.3, -0.25) is 0 Å². The first kappa shape index (κ1) is 42.8. The summed E-state index contributed by atoms with van der Waals surface area (Å²) in [6.45, 7) is 0. The number of hydrogen-bond donors (Lipinski definition) is 0. The molecule has 0 heterocycles. The van der Waals surface area contributed by atoms with Crippen LogP contribution in [0.5, 0.6) is 0 Å². The Morgan fingerprint density at radius 3 is 1.03 bits per heavy atom. The van der Waals surface area contributed by atoms with E-state index in [-0.39, 0.29) is 0 Å². The molecule has 0 spiro atoms. The Morgan fingerprint density at radius 1 is 0.300 bits per heavy atom. The third-order valence-corrected chi connectivity index (χ3v) is 10.7. The average Bonchev–Trinajstić information content (AvgIpc) is 3.30. The fourth-order valence-corrected chi connectivity index (χ4v) is 7.64. The van der Waals surface area contributed by atoms with Crippen molar-refractivity contribution < 1.29 is 0 Å². The van der Waals surface area contributed by atoms with E-state index in [1.807, 2.05) is 0 Å². The van der Waals surface area contributed by atoms with Gasteiger partial charge in [-0.15, -0.1) is 0 Å². The fourth-order valence-electron chi connectivity index (χ4n) is 7.64. The van der Waals surface area contributed by atoms with Gasteiger partial charge in [-0.05, 0) is 94.9 Å². The monoisotopic (exact) mass is 778 g/mol. The predicted octanol–water partition coefficient (Wildman–Crippen LogP) is 16.3. The van der Waals surface area contributed by atoms with Crippen molar-refractivity contribution >= 4 is 24.3 Å². The zero-order chi connectivity index (χ0) is 41.1. The van der Waals surface area contributed by atoms with Gasteiger partial charge in [-0.2, -0.15) is 0 Å². The molecule has 2 atom stereocenters. The van der Waals surface area contributed by atoms with E-state index in [9.17, 15) is 0 Å². The van der Waals surface area contributed by atoms with Crippen LogP contribution in [0.15, 0.2) is 243 Å². The molecule has 0 saturated carbocycles. The normalized spacial score (nSPS) is 13.4. The third kappa shape index (κ3) is 14.9. The maximum Gasteiger partial charge on any atom is -0.00839 e. The molecular formula is C60H58. The molecule has 0 aromatic heterocycles. The first-order chi connectivity index (χ1) is 29.8. The van der Waals surface area contributed by atoms with Crippen molar-refractivity contribution in [3.05, 3.63) is 287 Å². The van der Waals surface area contributed by atoms with E-state index in [1.165, 1.54) is 44.5 Å². The highest BCUT2D eigenvalue weighted by Gasteiger charge is 2.27. The predicted molar refractivity (Wildman–Crippen MR) is 263 cm³/mol. The Labute approximate surface area is 360 Å². The Kier molecular flexibility index (Phi) is 18.3. The van der Waals surface area contributed by atoms with Crippen molar-refractivity contribution in [2.75, 3.05) is 0 Å². The fraction of sp³-hybridized carbons (Fsp3) is 0.133. The van der Waals surface area contributed by atoms with Gasteiger partial charge in [0.15, 0.2) is 0 Å². The van der Waals surface area contributed by atoms with Crippen molar-refractivity contribution in [1.29, 1.82) is 0 Å². The van der Waals surface area contributed by atoms with Gasteiger partial charge in [0, 0.05) is 0 Å². The van der Waals surface area contributed by atoms with E-state index in [2.05, 4.69) is 267 Å². The van der Waals surface area contributed by atoms with E-state index >= 15 is 0 Å². The van der Waals surface area contributed by atoms with E-state index in [1.54, 1.807) is 0 Å². The van der Waals surface area contributed by atoms with Crippen LogP contribution >= 0.6 is 0 Å². The van der Waals surface area contributed by atoms with E-state index < -0.39 is 0 Å². The van der Waals surface area contributed by atoms with Gasteiger partial charge >= 0.3 is 0 Å². The molecular weight excluding hydrogens is 721 g/mol. The van der Waals surface area contributed by atoms with Crippen molar-refractivity contribution in [3.8, 4) is 0 Å². The smallest absolute Gasteiger partial charge is 0.00839 e. The van der Waals surface area contributed by atoms with Gasteiger partial charge in [0.2, 0.25) is 0 Å². The molecule has 6 rings (SSSR count). The lowest BCUT2D eigenvalue weighted by Crippen LogP contribution is -2.14. The highest BCUT2D eigenvalue weighted by atomic mass is 14.3. The summed E-state index contributed by atoms with van der Waals surface area (Å²) >= 11 is 0. The minimum absolute atomic E-state index is 0.301. The summed E-state index contributed by atoms with van der Waals surface area (Å²) in [5.74, 6) is 0.603. The van der Waals surface area contributed by atoms with Gasteiger partial charge in [-0.1, -0.05) is 267 Å².